The molecule has 2 saturated heterocycles. The van der Waals surface area contributed by atoms with Crippen LogP contribution in [-0.2, 0) is 23.2 Å². The van der Waals surface area contributed by atoms with Crippen LogP contribution in [0.5, 0.6) is 0 Å². The van der Waals surface area contributed by atoms with Gasteiger partial charge in [-0.25, -0.2) is 0 Å². The summed E-state index contributed by atoms with van der Waals surface area (Å²) in [7, 11) is 3.73. The molecule has 10 heteroatoms. The highest BCUT2D eigenvalue weighted by molar-refractivity contribution is 6.32. The van der Waals surface area contributed by atoms with Gasteiger partial charge in [-0.2, -0.15) is 0 Å². The highest BCUT2D eigenvalue weighted by Crippen LogP contribution is 2.28. The third kappa shape index (κ3) is 9.46. The Morgan fingerprint density at radius 1 is 0.932 bits per heavy atom. The molecular weight excluding hydrogens is 576 g/mol. The Bertz CT molecular complexity index is 1480. The number of piperidine rings is 1. The number of amides is 2. The number of carbonyl (C=O) groups is 2. The molecule has 0 bridgehead atoms. The molecule has 44 heavy (non-hydrogen) atoms. The Morgan fingerprint density at radius 3 is 2.30 bits per heavy atom. The standard InChI is InChI=1S/C22H25N3O2.C6H7ClN2O.C6H11N/c26-21-10-9-20(22(27)23-21)18-7-4-8-19(15-18)25-13-11-24(12-14-25)16-17-5-2-1-3-6-17;1-9-3-2-4(8)5(7)6(9)10;1-7-5-3-2-4-6-7/h1-8,15,20H,9-14,16H2,(H,23,26,27);2-3H,8H2,1H3;3,5H,2,4,6H2,1H3. The van der Waals surface area contributed by atoms with E-state index in [1.165, 1.54) is 29.5 Å². The lowest BCUT2D eigenvalue weighted by Crippen LogP contribution is -2.46. The highest BCUT2D eigenvalue weighted by atomic mass is 35.5. The molecule has 1 unspecified atom stereocenters. The van der Waals surface area contributed by atoms with Crippen LogP contribution in [0.1, 0.15) is 42.7 Å². The van der Waals surface area contributed by atoms with Gasteiger partial charge in [0.1, 0.15) is 5.02 Å². The summed E-state index contributed by atoms with van der Waals surface area (Å²) in [5.74, 6) is -0.556. The Morgan fingerprint density at radius 2 is 1.68 bits per heavy atom. The van der Waals surface area contributed by atoms with Crippen LogP contribution in [-0.4, -0.2) is 66.0 Å². The first-order valence-corrected chi connectivity index (χ1v) is 15.5. The van der Waals surface area contributed by atoms with Crippen LogP contribution >= 0.6 is 11.6 Å². The van der Waals surface area contributed by atoms with Gasteiger partial charge in [0.05, 0.1) is 11.6 Å². The molecular formula is C34H43ClN6O3. The average Bonchev–Trinajstić information content (AvgIpc) is 3.04. The van der Waals surface area contributed by atoms with Crippen molar-refractivity contribution >= 4 is 34.8 Å². The Labute approximate surface area is 264 Å². The molecule has 3 N–H and O–H groups in total. The second kappa shape index (κ2) is 16.1. The molecule has 3 aromatic rings. The van der Waals surface area contributed by atoms with E-state index in [0.29, 0.717) is 18.5 Å². The number of piperazine rings is 1. The molecule has 1 aromatic heterocycles. The summed E-state index contributed by atoms with van der Waals surface area (Å²) in [6.45, 7) is 6.23. The van der Waals surface area contributed by atoms with Gasteiger partial charge in [0.2, 0.25) is 11.8 Å². The number of carbonyl (C=O) groups excluding carboxylic acids is 2. The molecule has 2 amide bonds. The minimum atomic E-state index is -0.262. The van der Waals surface area contributed by atoms with Crippen LogP contribution in [0, 0.1) is 0 Å². The monoisotopic (exact) mass is 618 g/mol. The van der Waals surface area contributed by atoms with Gasteiger partial charge in [0.25, 0.3) is 5.56 Å². The van der Waals surface area contributed by atoms with E-state index in [4.69, 9.17) is 17.3 Å². The number of nitrogens with one attached hydrogen (secondary N) is 1. The van der Waals surface area contributed by atoms with E-state index in [1.807, 2.05) is 12.1 Å². The van der Waals surface area contributed by atoms with Crippen molar-refractivity contribution in [1.82, 2.24) is 19.7 Å². The number of allylic oxidation sites excluding steroid dienone is 1. The van der Waals surface area contributed by atoms with Crippen molar-refractivity contribution < 1.29 is 9.59 Å². The molecule has 3 aliphatic rings. The quantitative estimate of drug-likeness (QED) is 0.419. The van der Waals surface area contributed by atoms with Crippen molar-refractivity contribution in [2.24, 2.45) is 7.05 Å². The molecule has 1 atom stereocenters. The molecule has 6 rings (SSSR count). The fourth-order valence-corrected chi connectivity index (χ4v) is 5.55. The van der Waals surface area contributed by atoms with E-state index in [9.17, 15) is 14.4 Å². The number of hydrogen-bond acceptors (Lipinski definition) is 7. The largest absolute Gasteiger partial charge is 0.397 e. The van der Waals surface area contributed by atoms with Gasteiger partial charge in [0.15, 0.2) is 0 Å². The second-order valence-electron chi connectivity index (χ2n) is 11.4. The van der Waals surface area contributed by atoms with Crippen molar-refractivity contribution in [3.05, 3.63) is 106 Å². The molecule has 4 heterocycles. The number of benzene rings is 2. The lowest BCUT2D eigenvalue weighted by Gasteiger charge is -2.36. The molecule has 2 aromatic carbocycles. The van der Waals surface area contributed by atoms with E-state index in [-0.39, 0.29) is 28.3 Å². The number of pyridine rings is 1. The summed E-state index contributed by atoms with van der Waals surface area (Å²) in [6.07, 6.45) is 9.53. The van der Waals surface area contributed by atoms with Gasteiger partial charge in [-0.1, -0.05) is 60.1 Å². The molecule has 234 valence electrons. The van der Waals surface area contributed by atoms with E-state index in [2.05, 4.69) is 81.8 Å². The van der Waals surface area contributed by atoms with Crippen molar-refractivity contribution in [2.45, 2.75) is 38.1 Å². The number of aryl methyl sites for hydroxylation is 1. The zero-order valence-electron chi connectivity index (χ0n) is 25.6. The van der Waals surface area contributed by atoms with Crippen molar-refractivity contribution in [3.8, 4) is 0 Å². The molecule has 9 nitrogen and oxygen atoms in total. The minimum absolute atomic E-state index is 0.0880. The lowest BCUT2D eigenvalue weighted by atomic mass is 9.90. The third-order valence-electron chi connectivity index (χ3n) is 7.98. The van der Waals surface area contributed by atoms with Crippen LogP contribution in [0.25, 0.3) is 0 Å². The van der Waals surface area contributed by atoms with Crippen molar-refractivity contribution in [2.75, 3.05) is 50.4 Å². The fraction of sp³-hybridized carbons (Fsp3) is 0.382. The van der Waals surface area contributed by atoms with E-state index in [1.54, 1.807) is 19.3 Å². The SMILES string of the molecule is CN1C=CCCC1.Cn1ccc(N)c(Cl)c1=O.O=C1CCC(c2cccc(N3CCN(Cc4ccccc4)CC3)c2)C(=O)N1. The zero-order chi connectivity index (χ0) is 31.5. The maximum atomic E-state index is 12.2. The first-order valence-electron chi connectivity index (χ1n) is 15.1. The number of aromatic nitrogens is 1. The van der Waals surface area contributed by atoms with Crippen LogP contribution in [0.15, 0.2) is 83.9 Å². The number of nitrogens with two attached hydrogens (primary N) is 1. The maximum Gasteiger partial charge on any atom is 0.271 e. The summed E-state index contributed by atoms with van der Waals surface area (Å²) < 4.78 is 1.37. The van der Waals surface area contributed by atoms with E-state index in [0.717, 1.165) is 44.0 Å². The van der Waals surface area contributed by atoms with Crippen LogP contribution in [0.3, 0.4) is 0 Å². The van der Waals surface area contributed by atoms with E-state index >= 15 is 0 Å². The first-order chi connectivity index (χ1) is 21.2. The van der Waals surface area contributed by atoms with Crippen molar-refractivity contribution in [3.63, 3.8) is 0 Å². The van der Waals surface area contributed by atoms with Gasteiger partial charge < -0.3 is 20.1 Å². The van der Waals surface area contributed by atoms with Gasteiger partial charge in [0, 0.05) is 71.7 Å². The molecule has 0 spiro atoms. The topological polar surface area (TPSA) is 104 Å². The number of nitrogen functional groups attached to an aromatic ring is 1. The molecule has 2 fully saturated rings. The number of anilines is 2. The molecule has 0 saturated carbocycles. The van der Waals surface area contributed by atoms with Crippen LogP contribution in [0.2, 0.25) is 5.02 Å². The number of hydrogen-bond donors (Lipinski definition) is 2. The van der Waals surface area contributed by atoms with Gasteiger partial charge in [-0.15, -0.1) is 0 Å². The smallest absolute Gasteiger partial charge is 0.271 e. The van der Waals surface area contributed by atoms with Crippen LogP contribution < -0.4 is 21.5 Å². The molecule has 3 aliphatic heterocycles. The van der Waals surface area contributed by atoms with Gasteiger partial charge in [-0.3, -0.25) is 24.6 Å². The predicted octanol–water partition coefficient (Wildman–Crippen LogP) is 4.38. The summed E-state index contributed by atoms with van der Waals surface area (Å²) in [5.41, 5.74) is 8.93. The maximum absolute atomic E-state index is 12.2. The summed E-state index contributed by atoms with van der Waals surface area (Å²) >= 11 is 5.52. The number of rotatable bonds is 4. The summed E-state index contributed by atoms with van der Waals surface area (Å²) in [4.78, 5) is 41.6. The Kier molecular flexibility index (Phi) is 12.0. The zero-order valence-corrected chi connectivity index (χ0v) is 26.4. The van der Waals surface area contributed by atoms with Crippen LogP contribution in [0.4, 0.5) is 11.4 Å². The highest BCUT2D eigenvalue weighted by Gasteiger charge is 2.28. The Balaban J connectivity index is 0.000000211. The number of nitrogens with zero attached hydrogens (tertiary/aromatic N) is 4. The third-order valence-corrected chi connectivity index (χ3v) is 8.36. The lowest BCUT2D eigenvalue weighted by molar-refractivity contribution is -0.134. The number of imide groups is 1. The van der Waals surface area contributed by atoms with E-state index < -0.39 is 0 Å². The van der Waals surface area contributed by atoms with Crippen molar-refractivity contribution in [1.29, 1.82) is 0 Å². The Hall–Kier alpha value is -4.08. The normalized spacial score (nSPS) is 18.5. The number of halogens is 1. The second-order valence-corrected chi connectivity index (χ2v) is 11.7. The molecule has 0 radical (unpaired) electrons. The minimum Gasteiger partial charge on any atom is -0.397 e. The first kappa shape index (κ1) is 32.8. The predicted molar refractivity (Wildman–Crippen MR) is 178 cm³/mol. The van der Waals surface area contributed by atoms with Gasteiger partial charge in [-0.05, 0) is 54.8 Å². The summed E-state index contributed by atoms with van der Waals surface area (Å²) in [5, 5.41) is 2.55. The van der Waals surface area contributed by atoms with Gasteiger partial charge >= 0.3 is 0 Å². The molecule has 0 aliphatic carbocycles. The fourth-order valence-electron chi connectivity index (χ4n) is 5.35. The average molecular weight is 619 g/mol. The summed E-state index contributed by atoms with van der Waals surface area (Å²) in [6, 6.07) is 20.4.